The number of benzene rings is 2. The number of hydrogen-bond acceptors (Lipinski definition) is 4. The highest BCUT2D eigenvalue weighted by atomic mass is 19.4. The van der Waals surface area contributed by atoms with Crippen molar-refractivity contribution < 1.29 is 37.4 Å². The molecule has 10 heteroatoms. The molecule has 0 radical (unpaired) electrons. The average Bonchev–Trinajstić information content (AvgIpc) is 3.14. The van der Waals surface area contributed by atoms with Crippen LogP contribution in [0.15, 0.2) is 48.5 Å². The van der Waals surface area contributed by atoms with E-state index in [1.807, 2.05) is 48.5 Å². The zero-order chi connectivity index (χ0) is 25.2. The quantitative estimate of drug-likeness (QED) is 0.563. The largest absolute Gasteiger partial charge is 0.481 e. The lowest BCUT2D eigenvalue weighted by Gasteiger charge is -2.31. The van der Waals surface area contributed by atoms with E-state index in [2.05, 4.69) is 5.32 Å². The van der Waals surface area contributed by atoms with Crippen molar-refractivity contribution in [3.8, 4) is 11.1 Å². The Labute approximate surface area is 199 Å². The normalized spacial score (nSPS) is 20.3. The summed E-state index contributed by atoms with van der Waals surface area (Å²) in [5.74, 6) is -4.02. The molecule has 0 bridgehead atoms. The molecule has 1 saturated carbocycles. The topological polar surface area (TPSA) is 105 Å². The summed E-state index contributed by atoms with van der Waals surface area (Å²) in [4.78, 5) is 36.2. The first kappa shape index (κ1) is 24.6. The van der Waals surface area contributed by atoms with E-state index in [-0.39, 0.29) is 25.4 Å². The van der Waals surface area contributed by atoms with Gasteiger partial charge in [-0.1, -0.05) is 61.4 Å². The molecule has 186 valence electrons. The van der Waals surface area contributed by atoms with Gasteiger partial charge in [0.25, 0.3) is 5.91 Å². The fourth-order valence-corrected chi connectivity index (χ4v) is 4.92. The van der Waals surface area contributed by atoms with E-state index in [1.165, 1.54) is 0 Å². The molecular formula is C25H25F3N2O5. The summed E-state index contributed by atoms with van der Waals surface area (Å²) in [5.41, 5.74) is 3.71. The molecule has 0 spiro atoms. The van der Waals surface area contributed by atoms with E-state index in [9.17, 15) is 32.7 Å². The highest BCUT2D eigenvalue weighted by molar-refractivity contribution is 5.87. The summed E-state index contributed by atoms with van der Waals surface area (Å²) in [6.07, 6.45) is -4.77. The van der Waals surface area contributed by atoms with Crippen LogP contribution in [0.1, 0.15) is 42.7 Å². The molecule has 35 heavy (non-hydrogen) atoms. The third kappa shape index (κ3) is 5.26. The highest BCUT2D eigenvalue weighted by Crippen LogP contribution is 2.44. The minimum Gasteiger partial charge on any atom is -0.481 e. The minimum absolute atomic E-state index is 0.213. The van der Waals surface area contributed by atoms with E-state index in [4.69, 9.17) is 4.74 Å². The summed E-state index contributed by atoms with van der Waals surface area (Å²) >= 11 is 0. The second-order valence-electron chi connectivity index (χ2n) is 8.79. The molecular weight excluding hydrogens is 465 g/mol. The number of carboxylic acids is 1. The maximum absolute atomic E-state index is 13.6. The number of ether oxygens (including phenoxy) is 1. The number of nitrogens with one attached hydrogen (secondary N) is 2. The predicted molar refractivity (Wildman–Crippen MR) is 120 cm³/mol. The fourth-order valence-electron chi connectivity index (χ4n) is 4.92. The first-order valence-corrected chi connectivity index (χ1v) is 11.4. The Morgan fingerprint density at radius 2 is 1.54 bits per heavy atom. The van der Waals surface area contributed by atoms with E-state index in [0.29, 0.717) is 12.8 Å². The molecule has 3 atom stereocenters. The van der Waals surface area contributed by atoms with Crippen molar-refractivity contribution >= 4 is 18.0 Å². The highest BCUT2D eigenvalue weighted by Gasteiger charge is 2.48. The van der Waals surface area contributed by atoms with Crippen molar-refractivity contribution in [2.75, 3.05) is 6.61 Å². The lowest BCUT2D eigenvalue weighted by Crippen LogP contribution is -2.58. The van der Waals surface area contributed by atoms with Crippen molar-refractivity contribution in [3.05, 3.63) is 59.7 Å². The Morgan fingerprint density at radius 3 is 2.11 bits per heavy atom. The van der Waals surface area contributed by atoms with Gasteiger partial charge in [0.05, 0.1) is 5.92 Å². The third-order valence-corrected chi connectivity index (χ3v) is 6.61. The third-order valence-electron chi connectivity index (χ3n) is 6.61. The number of fused-ring (bicyclic) bond motifs is 3. The molecule has 0 aliphatic heterocycles. The van der Waals surface area contributed by atoms with Crippen LogP contribution in [-0.4, -0.2) is 47.9 Å². The van der Waals surface area contributed by atoms with Crippen molar-refractivity contribution in [2.45, 2.75) is 49.9 Å². The number of carbonyl (C=O) groups excluding carboxylic acids is 2. The number of amides is 2. The Balaban J connectivity index is 1.42. The molecule has 0 aromatic heterocycles. The monoisotopic (exact) mass is 490 g/mol. The van der Waals surface area contributed by atoms with Crippen LogP contribution in [0, 0.1) is 5.92 Å². The zero-order valence-electron chi connectivity index (χ0n) is 18.7. The van der Waals surface area contributed by atoms with Gasteiger partial charge >= 0.3 is 18.2 Å². The minimum atomic E-state index is -5.09. The van der Waals surface area contributed by atoms with Crippen LogP contribution in [0.25, 0.3) is 11.1 Å². The van der Waals surface area contributed by atoms with E-state index in [1.54, 1.807) is 5.32 Å². The van der Waals surface area contributed by atoms with Crippen molar-refractivity contribution in [2.24, 2.45) is 5.92 Å². The van der Waals surface area contributed by atoms with Gasteiger partial charge in [-0.2, -0.15) is 13.2 Å². The Kier molecular flexibility index (Phi) is 7.00. The maximum Gasteiger partial charge on any atom is 0.417 e. The average molecular weight is 490 g/mol. The molecule has 2 aliphatic carbocycles. The number of carboxylic acid groups (broad SMARTS) is 1. The molecule has 0 saturated heterocycles. The lowest BCUT2D eigenvalue weighted by molar-refractivity contribution is -0.168. The second-order valence-corrected chi connectivity index (χ2v) is 8.79. The Hall–Kier alpha value is -3.56. The van der Waals surface area contributed by atoms with Gasteiger partial charge in [-0.25, -0.2) is 4.79 Å². The maximum atomic E-state index is 13.6. The van der Waals surface area contributed by atoms with Crippen LogP contribution in [0.4, 0.5) is 18.0 Å². The second kappa shape index (κ2) is 9.97. The molecule has 3 N–H and O–H groups in total. The number of alkyl carbamates (subject to hydrolysis) is 1. The smallest absolute Gasteiger partial charge is 0.417 e. The van der Waals surface area contributed by atoms with Crippen LogP contribution in [-0.2, 0) is 14.3 Å². The zero-order valence-corrected chi connectivity index (χ0v) is 18.7. The number of halogens is 3. The van der Waals surface area contributed by atoms with Gasteiger partial charge in [-0.15, -0.1) is 0 Å². The van der Waals surface area contributed by atoms with Crippen molar-refractivity contribution in [3.63, 3.8) is 0 Å². The van der Waals surface area contributed by atoms with Gasteiger partial charge in [0.15, 0.2) is 0 Å². The molecule has 0 heterocycles. The summed E-state index contributed by atoms with van der Waals surface area (Å²) < 4.78 is 46.0. The molecule has 2 aromatic carbocycles. The predicted octanol–water partition coefficient (Wildman–Crippen LogP) is 4.22. The molecule has 1 unspecified atom stereocenters. The summed E-state index contributed by atoms with van der Waals surface area (Å²) in [7, 11) is 0. The fraction of sp³-hybridized carbons (Fsp3) is 0.400. The molecule has 1 fully saturated rings. The van der Waals surface area contributed by atoms with Gasteiger partial charge in [0, 0.05) is 12.0 Å². The van der Waals surface area contributed by atoms with Gasteiger partial charge < -0.3 is 20.5 Å². The van der Waals surface area contributed by atoms with Crippen LogP contribution in [0.5, 0.6) is 0 Å². The number of rotatable bonds is 6. The van der Waals surface area contributed by atoms with Gasteiger partial charge in [-0.3, -0.25) is 9.59 Å². The van der Waals surface area contributed by atoms with Crippen LogP contribution in [0.2, 0.25) is 0 Å². The Morgan fingerprint density at radius 1 is 0.971 bits per heavy atom. The van der Waals surface area contributed by atoms with Crippen LogP contribution >= 0.6 is 0 Å². The van der Waals surface area contributed by atoms with Crippen molar-refractivity contribution in [1.82, 2.24) is 10.6 Å². The summed E-state index contributed by atoms with van der Waals surface area (Å²) in [5, 5.41) is 13.1. The molecule has 2 amide bonds. The molecule has 7 nitrogen and oxygen atoms in total. The van der Waals surface area contributed by atoms with E-state index >= 15 is 0 Å². The van der Waals surface area contributed by atoms with Gasteiger partial charge in [0.2, 0.25) is 6.04 Å². The van der Waals surface area contributed by atoms with Gasteiger partial charge in [-0.05, 0) is 35.1 Å². The van der Waals surface area contributed by atoms with Gasteiger partial charge in [0.1, 0.15) is 6.61 Å². The molecule has 4 rings (SSSR count). The summed E-state index contributed by atoms with van der Waals surface area (Å²) in [6.45, 7) is -0.213. The van der Waals surface area contributed by atoms with E-state index < -0.39 is 42.1 Å². The first-order valence-electron chi connectivity index (χ1n) is 11.4. The van der Waals surface area contributed by atoms with E-state index in [0.717, 1.165) is 22.3 Å². The summed E-state index contributed by atoms with van der Waals surface area (Å²) in [6, 6.07) is 11.2. The number of alkyl halides is 3. The standard InChI is InChI=1S/C25H25F3N2O5/c26-25(27,28)21(22(31)29-20-12-6-5-11-18(20)23(32)33)30-24(34)35-13-19-16-9-3-1-7-14(16)15-8-2-4-10-17(15)19/h1-4,7-10,18-21H,5-6,11-13H2,(H,29,31)(H,30,34)(H,32,33)/t18-,20+,21?/m1/s1. The SMILES string of the molecule is O=C(NC(C(=O)N[C@H]1CCCC[C@H]1C(=O)O)C(F)(F)F)OCC1c2ccccc2-c2ccccc21. The van der Waals surface area contributed by atoms with Crippen LogP contribution in [0.3, 0.4) is 0 Å². The lowest BCUT2D eigenvalue weighted by atomic mass is 9.84. The Bertz CT molecular complexity index is 1070. The van der Waals surface area contributed by atoms with Crippen LogP contribution < -0.4 is 10.6 Å². The number of hydrogen-bond donors (Lipinski definition) is 3. The van der Waals surface area contributed by atoms with Crippen molar-refractivity contribution in [1.29, 1.82) is 0 Å². The number of aliphatic carboxylic acids is 1. The molecule has 2 aliphatic rings. The molecule has 2 aromatic rings. The first-order chi connectivity index (χ1) is 16.7. The number of carbonyl (C=O) groups is 3.